The molecule has 0 saturated heterocycles. The molecule has 2 heterocycles. The lowest BCUT2D eigenvalue weighted by atomic mass is 9.86. The molecule has 0 aliphatic heterocycles. The van der Waals surface area contributed by atoms with Crippen LogP contribution in [0.5, 0.6) is 0 Å². The van der Waals surface area contributed by atoms with Crippen LogP contribution in [0.25, 0.3) is 11.2 Å². The minimum atomic E-state index is 0.107. The number of imidazole rings is 1. The van der Waals surface area contributed by atoms with Crippen molar-refractivity contribution < 1.29 is 0 Å². The van der Waals surface area contributed by atoms with Crippen LogP contribution in [0, 0.1) is 11.3 Å². The van der Waals surface area contributed by atoms with E-state index < -0.39 is 0 Å². The molecule has 6 nitrogen and oxygen atoms in total. The number of hydrogen-bond donors (Lipinski definition) is 2. The highest BCUT2D eigenvalue weighted by atomic mass is 35.5. The van der Waals surface area contributed by atoms with Crippen molar-refractivity contribution in [1.82, 2.24) is 19.5 Å². The first-order valence-corrected chi connectivity index (χ1v) is 11.6. The number of fused-ring (bicyclic) bond motifs is 1. The van der Waals surface area contributed by atoms with Gasteiger partial charge in [-0.05, 0) is 61.8 Å². The number of nitrogens with zero attached hydrogens (tertiary/aromatic N) is 4. The summed E-state index contributed by atoms with van der Waals surface area (Å²) in [6.45, 7) is 7.34. The summed E-state index contributed by atoms with van der Waals surface area (Å²) in [6, 6.07) is 5.72. The maximum absolute atomic E-state index is 6.21. The van der Waals surface area contributed by atoms with Gasteiger partial charge < -0.3 is 11.1 Å². The molecule has 0 atom stereocenters. The lowest BCUT2D eigenvalue weighted by Gasteiger charge is -2.30. The van der Waals surface area contributed by atoms with Gasteiger partial charge in [-0.1, -0.05) is 44.0 Å². The first-order chi connectivity index (χ1) is 14.7. The fourth-order valence-corrected chi connectivity index (χ4v) is 4.84. The minimum Gasteiger partial charge on any atom is -0.330 e. The van der Waals surface area contributed by atoms with Crippen LogP contribution in [0.3, 0.4) is 0 Å². The van der Waals surface area contributed by atoms with Crippen LogP contribution >= 0.6 is 23.2 Å². The summed E-state index contributed by atoms with van der Waals surface area (Å²) < 4.78 is 2.24. The molecule has 0 unspecified atom stereocenters. The summed E-state index contributed by atoms with van der Waals surface area (Å²) in [5, 5.41) is 4.58. The van der Waals surface area contributed by atoms with Gasteiger partial charge in [-0.2, -0.15) is 0 Å². The monoisotopic (exact) mass is 460 g/mol. The summed E-state index contributed by atoms with van der Waals surface area (Å²) >= 11 is 12.4. The van der Waals surface area contributed by atoms with Gasteiger partial charge in [-0.15, -0.1) is 0 Å². The Hall–Kier alpha value is -1.89. The number of halogens is 2. The summed E-state index contributed by atoms with van der Waals surface area (Å²) in [5.41, 5.74) is 8.49. The maximum Gasteiger partial charge on any atom is 0.209 e. The molecule has 2 aromatic heterocycles. The van der Waals surface area contributed by atoms with Crippen LogP contribution in [0.1, 0.15) is 58.3 Å². The van der Waals surface area contributed by atoms with E-state index in [0.717, 1.165) is 67.3 Å². The second kappa shape index (κ2) is 8.93. The number of benzene rings is 1. The molecule has 1 aliphatic rings. The second-order valence-electron chi connectivity index (χ2n) is 9.73. The van der Waals surface area contributed by atoms with E-state index in [1.54, 1.807) is 6.07 Å². The first-order valence-electron chi connectivity index (χ1n) is 10.9. The Morgan fingerprint density at radius 1 is 1.06 bits per heavy atom. The van der Waals surface area contributed by atoms with Crippen molar-refractivity contribution in [1.29, 1.82) is 0 Å². The Kier molecular flexibility index (Phi) is 6.42. The van der Waals surface area contributed by atoms with E-state index in [0.29, 0.717) is 22.0 Å². The normalized spacial score (nSPS) is 19.7. The quantitative estimate of drug-likeness (QED) is 0.476. The van der Waals surface area contributed by atoms with Crippen molar-refractivity contribution in [2.24, 2.45) is 17.1 Å². The van der Waals surface area contributed by atoms with E-state index in [1.807, 2.05) is 18.3 Å². The van der Waals surface area contributed by atoms with Gasteiger partial charge in [-0.25, -0.2) is 15.0 Å². The third kappa shape index (κ3) is 5.30. The van der Waals surface area contributed by atoms with Crippen LogP contribution in [0.4, 0.5) is 11.6 Å². The van der Waals surface area contributed by atoms with Crippen molar-refractivity contribution in [2.45, 2.75) is 58.9 Å². The van der Waals surface area contributed by atoms with Crippen molar-refractivity contribution in [3.8, 4) is 0 Å². The van der Waals surface area contributed by atoms with E-state index in [1.165, 1.54) is 0 Å². The second-order valence-corrected chi connectivity index (χ2v) is 10.6. The van der Waals surface area contributed by atoms with Gasteiger partial charge in [0.2, 0.25) is 5.95 Å². The molecule has 3 aromatic rings. The van der Waals surface area contributed by atoms with E-state index in [2.05, 4.69) is 35.6 Å². The van der Waals surface area contributed by atoms with Crippen LogP contribution in [0.2, 0.25) is 10.0 Å². The van der Waals surface area contributed by atoms with Crippen LogP contribution < -0.4 is 11.1 Å². The van der Waals surface area contributed by atoms with Crippen LogP contribution in [-0.4, -0.2) is 26.1 Å². The third-order valence-electron chi connectivity index (χ3n) is 5.80. The summed E-state index contributed by atoms with van der Waals surface area (Å²) in [6.07, 6.45) is 6.97. The predicted octanol–water partition coefficient (Wildman–Crippen LogP) is 6.16. The first kappa shape index (κ1) is 22.3. The molecule has 31 heavy (non-hydrogen) atoms. The Morgan fingerprint density at radius 2 is 1.74 bits per heavy atom. The third-order valence-corrected chi connectivity index (χ3v) is 6.24. The molecule has 0 bridgehead atoms. The molecular weight excluding hydrogens is 431 g/mol. The Labute approximate surface area is 193 Å². The Morgan fingerprint density at radius 3 is 2.35 bits per heavy atom. The lowest BCUT2D eigenvalue weighted by molar-refractivity contribution is 0.284. The van der Waals surface area contributed by atoms with Crippen LogP contribution in [0.15, 0.2) is 24.4 Å². The Bertz CT molecular complexity index is 1040. The molecule has 3 N–H and O–H groups in total. The molecule has 1 aliphatic carbocycles. The summed E-state index contributed by atoms with van der Waals surface area (Å²) in [4.78, 5) is 14.4. The zero-order valence-corrected chi connectivity index (χ0v) is 19.8. The number of rotatable bonds is 5. The summed E-state index contributed by atoms with van der Waals surface area (Å²) in [7, 11) is 0. The number of nitrogens with two attached hydrogens (primary N) is 1. The van der Waals surface area contributed by atoms with Gasteiger partial charge in [0.25, 0.3) is 0 Å². The largest absolute Gasteiger partial charge is 0.330 e. The zero-order valence-electron chi connectivity index (χ0n) is 18.3. The smallest absolute Gasteiger partial charge is 0.209 e. The average Bonchev–Trinajstić information content (AvgIpc) is 3.03. The van der Waals surface area contributed by atoms with E-state index in [4.69, 9.17) is 38.9 Å². The number of nitrogens with one attached hydrogen (secondary N) is 1. The molecule has 0 spiro atoms. The molecule has 1 saturated carbocycles. The highest BCUT2D eigenvalue weighted by Crippen LogP contribution is 2.37. The average molecular weight is 461 g/mol. The van der Waals surface area contributed by atoms with Gasteiger partial charge in [0.1, 0.15) is 11.3 Å². The molecule has 8 heteroatoms. The molecular formula is C23H30Cl2N6. The SMILES string of the molecule is CC(C)(C)Cc1ncc2nc(Nc3cc(Cl)cc(Cl)c3)n(C3CCC(CN)CC3)c2n1. The van der Waals surface area contributed by atoms with Gasteiger partial charge in [0.15, 0.2) is 5.65 Å². The van der Waals surface area contributed by atoms with E-state index in [-0.39, 0.29) is 5.41 Å². The molecule has 1 aromatic carbocycles. The molecule has 4 rings (SSSR count). The topological polar surface area (TPSA) is 81.7 Å². The number of anilines is 2. The lowest BCUT2D eigenvalue weighted by Crippen LogP contribution is -2.24. The van der Waals surface area contributed by atoms with E-state index >= 15 is 0 Å². The van der Waals surface area contributed by atoms with E-state index in [9.17, 15) is 0 Å². The van der Waals surface area contributed by atoms with Crippen molar-refractivity contribution in [3.05, 3.63) is 40.3 Å². The van der Waals surface area contributed by atoms with Crippen molar-refractivity contribution in [3.63, 3.8) is 0 Å². The number of hydrogen-bond acceptors (Lipinski definition) is 5. The van der Waals surface area contributed by atoms with Gasteiger partial charge in [0.05, 0.1) is 6.20 Å². The van der Waals surface area contributed by atoms with Crippen molar-refractivity contribution in [2.75, 3.05) is 11.9 Å². The van der Waals surface area contributed by atoms with Gasteiger partial charge in [0, 0.05) is 28.2 Å². The van der Waals surface area contributed by atoms with Gasteiger partial charge >= 0.3 is 0 Å². The number of aromatic nitrogens is 4. The summed E-state index contributed by atoms with van der Waals surface area (Å²) in [5.74, 6) is 2.18. The Balaban J connectivity index is 1.76. The highest BCUT2D eigenvalue weighted by molar-refractivity contribution is 6.35. The highest BCUT2D eigenvalue weighted by Gasteiger charge is 2.27. The van der Waals surface area contributed by atoms with Gasteiger partial charge in [-0.3, -0.25) is 4.57 Å². The van der Waals surface area contributed by atoms with Crippen LogP contribution in [-0.2, 0) is 6.42 Å². The molecule has 1 fully saturated rings. The molecule has 0 amide bonds. The fourth-order valence-electron chi connectivity index (χ4n) is 4.31. The fraction of sp³-hybridized carbons (Fsp3) is 0.522. The molecule has 166 valence electrons. The maximum atomic E-state index is 6.21. The zero-order chi connectivity index (χ0) is 22.2. The predicted molar refractivity (Wildman–Crippen MR) is 128 cm³/mol. The standard InChI is InChI=1S/C23H30Cl2N6/c1-23(2,3)11-20-27-13-19-21(30-20)31(18-6-4-14(12-26)5-7-18)22(29-19)28-17-9-15(24)8-16(25)10-17/h8-10,13-14,18H,4-7,11-12,26H2,1-3H3,(H,28,29). The molecule has 0 radical (unpaired) electrons. The minimum absolute atomic E-state index is 0.107. The van der Waals surface area contributed by atoms with Crippen molar-refractivity contribution >= 4 is 46.0 Å².